The van der Waals surface area contributed by atoms with Gasteiger partial charge in [0.25, 0.3) is 0 Å². The highest BCUT2D eigenvalue weighted by Crippen LogP contribution is 2.34. The molecule has 5 nitrogen and oxygen atoms in total. The van der Waals surface area contributed by atoms with Crippen molar-refractivity contribution in [2.24, 2.45) is 0 Å². The van der Waals surface area contributed by atoms with Crippen LogP contribution in [-0.4, -0.2) is 24.3 Å². The zero-order valence-corrected chi connectivity index (χ0v) is 15.7. The second-order valence-electron chi connectivity index (χ2n) is 5.35. The zero-order valence-electron chi connectivity index (χ0n) is 14.1. The lowest BCUT2D eigenvalue weighted by Crippen LogP contribution is -2.16. The van der Waals surface area contributed by atoms with Gasteiger partial charge in [-0.25, -0.2) is 4.79 Å². The molecule has 132 valence electrons. The average molecular weight is 380 g/mol. The van der Waals surface area contributed by atoms with Crippen LogP contribution in [0, 0.1) is 6.92 Å². The molecule has 25 heavy (non-hydrogen) atoms. The van der Waals surface area contributed by atoms with Crippen LogP contribution >= 0.6 is 22.9 Å². The Hall–Kier alpha value is -2.18. The van der Waals surface area contributed by atoms with E-state index in [1.165, 1.54) is 6.92 Å². The van der Waals surface area contributed by atoms with Crippen LogP contribution in [0.1, 0.15) is 45.0 Å². The molecule has 0 aliphatic carbocycles. The third kappa shape index (κ3) is 4.46. The number of thiophene rings is 1. The fraction of sp³-hybridized carbons (Fsp3) is 0.278. The van der Waals surface area contributed by atoms with Crippen molar-refractivity contribution in [2.45, 2.75) is 27.2 Å². The van der Waals surface area contributed by atoms with E-state index in [-0.39, 0.29) is 30.3 Å². The van der Waals surface area contributed by atoms with Gasteiger partial charge < -0.3 is 10.1 Å². The van der Waals surface area contributed by atoms with Crippen LogP contribution in [0.4, 0.5) is 5.00 Å². The predicted octanol–water partition coefficient (Wildman–Crippen LogP) is 4.27. The summed E-state index contributed by atoms with van der Waals surface area (Å²) in [7, 11) is 0. The Labute approximate surface area is 154 Å². The Bertz CT molecular complexity index is 828. The summed E-state index contributed by atoms with van der Waals surface area (Å²) >= 11 is 7.15. The molecule has 7 heteroatoms. The number of carbonyl (C=O) groups excluding carboxylic acids is 3. The van der Waals surface area contributed by atoms with Crippen molar-refractivity contribution in [3.05, 3.63) is 50.9 Å². The van der Waals surface area contributed by atoms with Crippen LogP contribution in [0.15, 0.2) is 24.3 Å². The molecule has 2 rings (SSSR count). The maximum Gasteiger partial charge on any atom is 0.341 e. The molecule has 0 fully saturated rings. The molecule has 0 saturated carbocycles. The second-order valence-corrected chi connectivity index (χ2v) is 6.78. The molecule has 1 N–H and O–H groups in total. The first-order valence-corrected chi connectivity index (χ1v) is 8.89. The molecule has 1 aromatic carbocycles. The van der Waals surface area contributed by atoms with Gasteiger partial charge in [-0.05, 0) is 38.0 Å². The van der Waals surface area contributed by atoms with Crippen molar-refractivity contribution >= 4 is 45.6 Å². The first-order chi connectivity index (χ1) is 11.8. The zero-order chi connectivity index (χ0) is 18.6. The number of esters is 1. The SMILES string of the molecule is CCOC(=O)c1c(NC(=O)Cc2ccccc2Cl)sc(C(C)=O)c1C. The summed E-state index contributed by atoms with van der Waals surface area (Å²) in [6, 6.07) is 7.04. The van der Waals surface area contributed by atoms with Crippen molar-refractivity contribution in [2.75, 3.05) is 11.9 Å². The van der Waals surface area contributed by atoms with Gasteiger partial charge in [0.15, 0.2) is 5.78 Å². The highest BCUT2D eigenvalue weighted by molar-refractivity contribution is 7.18. The molecular weight excluding hydrogens is 362 g/mol. The molecule has 2 aromatic rings. The molecule has 0 saturated heterocycles. The number of benzene rings is 1. The number of ether oxygens (including phenoxy) is 1. The lowest BCUT2D eigenvalue weighted by molar-refractivity contribution is -0.115. The molecule has 0 aliphatic rings. The van der Waals surface area contributed by atoms with E-state index in [4.69, 9.17) is 16.3 Å². The Morgan fingerprint density at radius 2 is 1.92 bits per heavy atom. The Balaban J connectivity index is 2.30. The standard InChI is InChI=1S/C18H18ClNO4S/c1-4-24-18(23)15-10(2)16(11(3)21)25-17(15)20-14(22)9-12-7-5-6-8-13(12)19/h5-8H,4,9H2,1-3H3,(H,20,22). The van der Waals surface area contributed by atoms with Crippen molar-refractivity contribution in [1.82, 2.24) is 0 Å². The Morgan fingerprint density at radius 1 is 1.24 bits per heavy atom. The van der Waals surface area contributed by atoms with Gasteiger partial charge in [-0.15, -0.1) is 11.3 Å². The van der Waals surface area contributed by atoms with Crippen LogP contribution in [-0.2, 0) is 16.0 Å². The molecule has 1 amide bonds. The van der Waals surface area contributed by atoms with E-state index in [0.29, 0.717) is 26.0 Å². The summed E-state index contributed by atoms with van der Waals surface area (Å²) in [4.78, 5) is 36.8. The van der Waals surface area contributed by atoms with E-state index in [2.05, 4.69) is 5.32 Å². The third-order valence-electron chi connectivity index (χ3n) is 3.51. The van der Waals surface area contributed by atoms with E-state index in [1.54, 1.807) is 38.1 Å². The molecule has 0 bridgehead atoms. The van der Waals surface area contributed by atoms with Gasteiger partial charge >= 0.3 is 5.97 Å². The molecule has 0 aliphatic heterocycles. The summed E-state index contributed by atoms with van der Waals surface area (Å²) in [5.74, 6) is -1.05. The maximum atomic E-state index is 12.4. The monoisotopic (exact) mass is 379 g/mol. The molecule has 0 spiro atoms. The maximum absolute atomic E-state index is 12.4. The first-order valence-electron chi connectivity index (χ1n) is 7.69. The van der Waals surface area contributed by atoms with Crippen LogP contribution in [0.5, 0.6) is 0 Å². The molecule has 0 radical (unpaired) electrons. The number of anilines is 1. The average Bonchev–Trinajstić information content (AvgIpc) is 2.86. The van der Waals surface area contributed by atoms with E-state index in [9.17, 15) is 14.4 Å². The van der Waals surface area contributed by atoms with Gasteiger partial charge in [-0.3, -0.25) is 9.59 Å². The minimum absolute atomic E-state index is 0.0638. The summed E-state index contributed by atoms with van der Waals surface area (Å²) in [6.07, 6.45) is 0.0638. The fourth-order valence-corrected chi connectivity index (χ4v) is 3.68. The summed E-state index contributed by atoms with van der Waals surface area (Å²) in [5.41, 5.74) is 1.42. The van der Waals surface area contributed by atoms with Gasteiger partial charge in [-0.2, -0.15) is 0 Å². The number of carbonyl (C=O) groups is 3. The second kappa shape index (κ2) is 8.27. The minimum atomic E-state index is -0.559. The van der Waals surface area contributed by atoms with Gasteiger partial charge in [-0.1, -0.05) is 29.8 Å². The number of hydrogen-bond donors (Lipinski definition) is 1. The van der Waals surface area contributed by atoms with Crippen LogP contribution < -0.4 is 5.32 Å². The van der Waals surface area contributed by atoms with E-state index < -0.39 is 5.97 Å². The van der Waals surface area contributed by atoms with Crippen molar-refractivity contribution in [1.29, 1.82) is 0 Å². The van der Waals surface area contributed by atoms with Gasteiger partial charge in [0.1, 0.15) is 5.00 Å². The van der Waals surface area contributed by atoms with Crippen LogP contribution in [0.25, 0.3) is 0 Å². The molecular formula is C18H18ClNO4S. The topological polar surface area (TPSA) is 72.5 Å². The fourth-order valence-electron chi connectivity index (χ4n) is 2.37. The number of rotatable bonds is 6. The number of amides is 1. The van der Waals surface area contributed by atoms with Crippen molar-refractivity contribution < 1.29 is 19.1 Å². The van der Waals surface area contributed by atoms with E-state index in [0.717, 1.165) is 11.3 Å². The molecule has 1 heterocycles. The summed E-state index contributed by atoms with van der Waals surface area (Å²) in [6.45, 7) is 4.99. The highest BCUT2D eigenvalue weighted by Gasteiger charge is 2.25. The number of nitrogens with one attached hydrogen (secondary N) is 1. The van der Waals surface area contributed by atoms with E-state index >= 15 is 0 Å². The number of halogens is 1. The van der Waals surface area contributed by atoms with Gasteiger partial charge in [0.05, 0.1) is 23.5 Å². The smallest absolute Gasteiger partial charge is 0.341 e. The largest absolute Gasteiger partial charge is 0.462 e. The minimum Gasteiger partial charge on any atom is -0.462 e. The molecule has 0 atom stereocenters. The van der Waals surface area contributed by atoms with Crippen LogP contribution in [0.2, 0.25) is 5.02 Å². The molecule has 0 unspecified atom stereocenters. The summed E-state index contributed by atoms with van der Waals surface area (Å²) < 4.78 is 5.05. The highest BCUT2D eigenvalue weighted by atomic mass is 35.5. The van der Waals surface area contributed by atoms with Gasteiger partial charge in [0.2, 0.25) is 5.91 Å². The lowest BCUT2D eigenvalue weighted by atomic mass is 10.1. The normalized spacial score (nSPS) is 10.4. The number of Topliss-reactive ketones (excluding diaryl/α,β-unsaturated/α-hetero) is 1. The Morgan fingerprint density at radius 3 is 2.52 bits per heavy atom. The van der Waals surface area contributed by atoms with Crippen LogP contribution in [0.3, 0.4) is 0 Å². The molecule has 1 aromatic heterocycles. The van der Waals surface area contributed by atoms with E-state index in [1.807, 2.05) is 0 Å². The van der Waals surface area contributed by atoms with Gasteiger partial charge in [0, 0.05) is 5.02 Å². The third-order valence-corrected chi connectivity index (χ3v) is 5.18. The summed E-state index contributed by atoms with van der Waals surface area (Å²) in [5, 5.41) is 3.52. The Kier molecular flexibility index (Phi) is 6.33. The van der Waals surface area contributed by atoms with Crippen molar-refractivity contribution in [3.8, 4) is 0 Å². The quantitative estimate of drug-likeness (QED) is 0.600. The lowest BCUT2D eigenvalue weighted by Gasteiger charge is -2.08. The van der Waals surface area contributed by atoms with Crippen molar-refractivity contribution in [3.63, 3.8) is 0 Å². The first kappa shape index (κ1) is 19.1. The predicted molar refractivity (Wildman–Crippen MR) is 98.8 cm³/mol. The number of ketones is 1. The number of hydrogen-bond acceptors (Lipinski definition) is 5.